The lowest BCUT2D eigenvalue weighted by Crippen LogP contribution is -2.41. The Morgan fingerprint density at radius 2 is 2.19 bits per heavy atom. The van der Waals surface area contributed by atoms with Crippen LogP contribution in [0.5, 0.6) is 5.88 Å². The van der Waals surface area contributed by atoms with Crippen molar-refractivity contribution < 1.29 is 19.4 Å². The molecule has 7 heteroatoms. The molecule has 0 radical (unpaired) electrons. The molecular weight excluding hydrogens is 274 g/mol. The van der Waals surface area contributed by atoms with Crippen LogP contribution in [-0.2, 0) is 9.53 Å². The van der Waals surface area contributed by atoms with E-state index in [2.05, 4.69) is 9.97 Å². The van der Waals surface area contributed by atoms with Crippen molar-refractivity contribution in [1.82, 2.24) is 9.97 Å². The molecule has 1 aliphatic heterocycles. The summed E-state index contributed by atoms with van der Waals surface area (Å²) in [6.07, 6.45) is 0.0130. The van der Waals surface area contributed by atoms with Crippen LogP contribution >= 0.6 is 0 Å². The highest BCUT2D eigenvalue weighted by molar-refractivity contribution is 5.72. The number of aromatic nitrogens is 2. The van der Waals surface area contributed by atoms with Gasteiger partial charge in [0.2, 0.25) is 11.8 Å². The number of carboxylic acids is 1. The van der Waals surface area contributed by atoms with E-state index in [4.69, 9.17) is 9.47 Å². The van der Waals surface area contributed by atoms with Gasteiger partial charge in [-0.1, -0.05) is 0 Å². The standard InChI is InChI=1S/C14H21N3O4/c1-8(2)21-12-5-9(3)15-14(16-12)17(4)11-7-20-6-10(11)13(18)19/h5,8,10-11H,6-7H2,1-4H3,(H,18,19). The van der Waals surface area contributed by atoms with Gasteiger partial charge < -0.3 is 19.5 Å². The van der Waals surface area contributed by atoms with Gasteiger partial charge in [-0.05, 0) is 20.8 Å². The molecule has 2 atom stereocenters. The second kappa shape index (κ2) is 6.26. The fraction of sp³-hybridized carbons (Fsp3) is 0.643. The van der Waals surface area contributed by atoms with E-state index in [1.807, 2.05) is 20.8 Å². The highest BCUT2D eigenvalue weighted by Gasteiger charge is 2.37. The molecule has 1 aromatic rings. The molecule has 1 N–H and O–H groups in total. The number of hydrogen-bond donors (Lipinski definition) is 1. The van der Waals surface area contributed by atoms with E-state index in [9.17, 15) is 9.90 Å². The average molecular weight is 295 g/mol. The van der Waals surface area contributed by atoms with Crippen molar-refractivity contribution in [3.05, 3.63) is 11.8 Å². The predicted octanol–water partition coefficient (Wildman–Crippen LogP) is 1.11. The van der Waals surface area contributed by atoms with Crippen LogP contribution in [0.2, 0.25) is 0 Å². The topological polar surface area (TPSA) is 84.8 Å². The van der Waals surface area contributed by atoms with Crippen LogP contribution in [0.15, 0.2) is 6.07 Å². The van der Waals surface area contributed by atoms with E-state index in [-0.39, 0.29) is 18.8 Å². The molecule has 1 aliphatic rings. The van der Waals surface area contributed by atoms with Crippen molar-refractivity contribution in [2.75, 3.05) is 25.2 Å². The molecule has 0 amide bonds. The Morgan fingerprint density at radius 1 is 1.48 bits per heavy atom. The summed E-state index contributed by atoms with van der Waals surface area (Å²) in [5.74, 6) is -0.498. The Balaban J connectivity index is 2.24. The van der Waals surface area contributed by atoms with Gasteiger partial charge in [-0.15, -0.1) is 0 Å². The summed E-state index contributed by atoms with van der Waals surface area (Å²) in [5, 5.41) is 9.24. The zero-order valence-corrected chi connectivity index (χ0v) is 12.7. The van der Waals surface area contributed by atoms with Gasteiger partial charge >= 0.3 is 5.97 Å². The molecule has 1 aromatic heterocycles. The van der Waals surface area contributed by atoms with Gasteiger partial charge in [0.05, 0.1) is 25.4 Å². The molecule has 0 aromatic carbocycles. The highest BCUT2D eigenvalue weighted by atomic mass is 16.5. The molecule has 2 rings (SSSR count). The minimum absolute atomic E-state index is 0.0130. The Labute approximate surface area is 123 Å². The van der Waals surface area contributed by atoms with Crippen molar-refractivity contribution in [3.8, 4) is 5.88 Å². The second-order valence-corrected chi connectivity index (χ2v) is 5.47. The Hall–Kier alpha value is -1.89. The van der Waals surface area contributed by atoms with Crippen molar-refractivity contribution in [3.63, 3.8) is 0 Å². The normalized spacial score (nSPS) is 21.6. The Kier molecular flexibility index (Phi) is 4.62. The molecule has 0 aliphatic carbocycles. The highest BCUT2D eigenvalue weighted by Crippen LogP contribution is 2.24. The lowest BCUT2D eigenvalue weighted by molar-refractivity contribution is -0.141. The van der Waals surface area contributed by atoms with Crippen LogP contribution < -0.4 is 9.64 Å². The van der Waals surface area contributed by atoms with Crippen molar-refractivity contribution >= 4 is 11.9 Å². The summed E-state index contributed by atoms with van der Waals surface area (Å²) in [5.41, 5.74) is 0.772. The van der Waals surface area contributed by atoms with Gasteiger partial charge in [-0.3, -0.25) is 4.79 Å². The minimum Gasteiger partial charge on any atom is -0.481 e. The SMILES string of the molecule is Cc1cc(OC(C)C)nc(N(C)C2COCC2C(=O)O)n1. The quantitative estimate of drug-likeness (QED) is 0.870. The monoisotopic (exact) mass is 295 g/mol. The molecule has 21 heavy (non-hydrogen) atoms. The molecule has 1 saturated heterocycles. The van der Waals surface area contributed by atoms with Crippen molar-refractivity contribution in [2.45, 2.75) is 32.9 Å². The zero-order valence-electron chi connectivity index (χ0n) is 12.7. The number of aryl methyl sites for hydroxylation is 1. The van der Waals surface area contributed by atoms with Crippen molar-refractivity contribution in [2.24, 2.45) is 5.92 Å². The number of anilines is 1. The summed E-state index contributed by atoms with van der Waals surface area (Å²) >= 11 is 0. The van der Waals surface area contributed by atoms with Gasteiger partial charge in [0, 0.05) is 18.8 Å². The molecular formula is C14H21N3O4. The molecule has 0 bridgehead atoms. The first kappa shape index (κ1) is 15.5. The molecule has 7 nitrogen and oxygen atoms in total. The lowest BCUT2D eigenvalue weighted by Gasteiger charge is -2.26. The lowest BCUT2D eigenvalue weighted by atomic mass is 10.0. The zero-order chi connectivity index (χ0) is 15.6. The fourth-order valence-electron chi connectivity index (χ4n) is 2.29. The molecule has 1 fully saturated rings. The molecule has 116 valence electrons. The maximum Gasteiger partial charge on any atom is 0.311 e. The maximum absolute atomic E-state index is 11.3. The number of nitrogens with zero attached hydrogens (tertiary/aromatic N) is 3. The number of carbonyl (C=O) groups is 1. The van der Waals surface area contributed by atoms with E-state index in [1.54, 1.807) is 18.0 Å². The van der Waals surface area contributed by atoms with E-state index >= 15 is 0 Å². The largest absolute Gasteiger partial charge is 0.481 e. The third-order valence-electron chi connectivity index (χ3n) is 3.36. The number of likely N-dealkylation sites (N-methyl/N-ethyl adjacent to an activating group) is 1. The smallest absolute Gasteiger partial charge is 0.311 e. The summed E-state index contributed by atoms with van der Waals surface area (Å²) in [7, 11) is 1.78. The first-order chi connectivity index (χ1) is 9.88. The fourth-order valence-corrected chi connectivity index (χ4v) is 2.29. The average Bonchev–Trinajstić information content (AvgIpc) is 2.85. The van der Waals surface area contributed by atoms with Crippen LogP contribution in [0, 0.1) is 12.8 Å². The van der Waals surface area contributed by atoms with Crippen LogP contribution in [-0.4, -0.2) is 53.5 Å². The Morgan fingerprint density at radius 3 is 2.81 bits per heavy atom. The van der Waals surface area contributed by atoms with Crippen LogP contribution in [0.1, 0.15) is 19.5 Å². The minimum atomic E-state index is -0.865. The third kappa shape index (κ3) is 3.60. The summed E-state index contributed by atoms with van der Waals surface area (Å²) < 4.78 is 10.9. The van der Waals surface area contributed by atoms with E-state index < -0.39 is 11.9 Å². The predicted molar refractivity (Wildman–Crippen MR) is 76.7 cm³/mol. The summed E-state index contributed by atoms with van der Waals surface area (Å²) in [6, 6.07) is 1.48. The van der Waals surface area contributed by atoms with Crippen LogP contribution in [0.4, 0.5) is 5.95 Å². The number of aliphatic carboxylic acids is 1. The molecule has 0 saturated carbocycles. The van der Waals surface area contributed by atoms with Gasteiger partial charge in [-0.2, -0.15) is 4.98 Å². The first-order valence-electron chi connectivity index (χ1n) is 6.94. The second-order valence-electron chi connectivity index (χ2n) is 5.47. The van der Waals surface area contributed by atoms with E-state index in [1.165, 1.54) is 0 Å². The van der Waals surface area contributed by atoms with Crippen LogP contribution in [0.3, 0.4) is 0 Å². The first-order valence-corrected chi connectivity index (χ1v) is 6.94. The van der Waals surface area contributed by atoms with E-state index in [0.717, 1.165) is 5.69 Å². The molecule has 2 heterocycles. The van der Waals surface area contributed by atoms with Gasteiger partial charge in [0.25, 0.3) is 0 Å². The summed E-state index contributed by atoms with van der Waals surface area (Å²) in [6.45, 7) is 6.26. The number of hydrogen-bond acceptors (Lipinski definition) is 6. The van der Waals surface area contributed by atoms with Gasteiger partial charge in [-0.25, -0.2) is 4.98 Å². The molecule has 2 unspecified atom stereocenters. The molecule has 0 spiro atoms. The number of rotatable bonds is 5. The summed E-state index contributed by atoms with van der Waals surface area (Å²) in [4.78, 5) is 21.7. The van der Waals surface area contributed by atoms with Crippen LogP contribution in [0.25, 0.3) is 0 Å². The number of carboxylic acid groups (broad SMARTS) is 1. The van der Waals surface area contributed by atoms with Gasteiger partial charge in [0.1, 0.15) is 5.92 Å². The van der Waals surface area contributed by atoms with Crippen molar-refractivity contribution in [1.29, 1.82) is 0 Å². The van der Waals surface area contributed by atoms with Gasteiger partial charge in [0.15, 0.2) is 0 Å². The van der Waals surface area contributed by atoms with E-state index in [0.29, 0.717) is 18.4 Å². The Bertz CT molecular complexity index is 521. The third-order valence-corrected chi connectivity index (χ3v) is 3.36. The maximum atomic E-state index is 11.3. The number of ether oxygens (including phenoxy) is 2.